The number of alkyl halides is 3. The van der Waals surface area contributed by atoms with Crippen molar-refractivity contribution in [3.8, 4) is 0 Å². The van der Waals surface area contributed by atoms with Gasteiger partial charge in [0.2, 0.25) is 5.91 Å². The van der Waals surface area contributed by atoms with Crippen molar-refractivity contribution < 1.29 is 18.0 Å². The van der Waals surface area contributed by atoms with Crippen LogP contribution in [0.5, 0.6) is 0 Å². The largest absolute Gasteiger partial charge is 0.405 e. The molecule has 0 aliphatic heterocycles. The fourth-order valence-electron chi connectivity index (χ4n) is 1.45. The summed E-state index contributed by atoms with van der Waals surface area (Å²) in [6, 6.07) is -1.71. The number of halogens is 3. The second-order valence-corrected chi connectivity index (χ2v) is 3.75. The Morgan fingerprint density at radius 3 is 2.31 bits per heavy atom. The van der Waals surface area contributed by atoms with E-state index in [0.29, 0.717) is 0 Å². The predicted octanol–water partition coefficient (Wildman–Crippen LogP) is 0.190. The van der Waals surface area contributed by atoms with Gasteiger partial charge in [-0.2, -0.15) is 13.2 Å². The Morgan fingerprint density at radius 1 is 1.50 bits per heavy atom. The fourth-order valence-corrected chi connectivity index (χ4v) is 1.45. The van der Waals surface area contributed by atoms with E-state index in [1.807, 2.05) is 0 Å². The highest BCUT2D eigenvalue weighted by Crippen LogP contribution is 2.23. The van der Waals surface area contributed by atoms with Gasteiger partial charge in [0.25, 0.3) is 0 Å². The maximum Gasteiger partial charge on any atom is 0.405 e. The van der Waals surface area contributed by atoms with Crippen LogP contribution in [0.3, 0.4) is 0 Å². The maximum absolute atomic E-state index is 12.5. The van der Waals surface area contributed by atoms with Gasteiger partial charge < -0.3 is 11.1 Å². The van der Waals surface area contributed by atoms with Gasteiger partial charge in [-0.1, -0.05) is 6.92 Å². The zero-order chi connectivity index (χ0) is 12.9. The molecular weight excluding hydrogens is 223 g/mol. The van der Waals surface area contributed by atoms with Gasteiger partial charge in [-0.15, -0.1) is 0 Å². The number of hydrogen-bond donors (Lipinski definition) is 2. The molecule has 7 heteroatoms. The summed E-state index contributed by atoms with van der Waals surface area (Å²) in [6.07, 6.45) is -4.37. The summed E-state index contributed by atoms with van der Waals surface area (Å²) < 4.78 is 37.4. The number of carbonyl (C=O) groups is 1. The van der Waals surface area contributed by atoms with E-state index < -0.39 is 24.7 Å². The Labute approximate surface area is 93.0 Å². The van der Waals surface area contributed by atoms with Crippen LogP contribution in [0.25, 0.3) is 0 Å². The van der Waals surface area contributed by atoms with Gasteiger partial charge in [0.05, 0.1) is 0 Å². The lowest BCUT2D eigenvalue weighted by Gasteiger charge is -2.30. The molecule has 3 N–H and O–H groups in total. The number of amides is 1. The van der Waals surface area contributed by atoms with Crippen LogP contribution in [-0.4, -0.2) is 50.2 Å². The van der Waals surface area contributed by atoms with Gasteiger partial charge in [0.15, 0.2) is 0 Å². The zero-order valence-corrected chi connectivity index (χ0v) is 9.64. The van der Waals surface area contributed by atoms with Crippen LogP contribution in [0, 0.1) is 5.92 Å². The molecule has 0 spiro atoms. The molecule has 96 valence electrons. The lowest BCUT2D eigenvalue weighted by Crippen LogP contribution is -2.50. The maximum atomic E-state index is 12.5. The van der Waals surface area contributed by atoms with E-state index in [4.69, 9.17) is 5.73 Å². The van der Waals surface area contributed by atoms with Crippen LogP contribution in [0.1, 0.15) is 6.92 Å². The molecule has 0 saturated carbocycles. The minimum Gasteiger partial charge on any atom is -0.359 e. The molecule has 2 unspecified atom stereocenters. The molecule has 0 fully saturated rings. The second-order valence-electron chi connectivity index (χ2n) is 3.75. The molecule has 0 saturated heterocycles. The topological polar surface area (TPSA) is 58.4 Å². The normalized spacial score (nSPS) is 16.0. The summed E-state index contributed by atoms with van der Waals surface area (Å²) in [5.74, 6) is -0.795. The first-order chi connectivity index (χ1) is 7.23. The third-order valence-electron chi connectivity index (χ3n) is 2.39. The van der Waals surface area contributed by atoms with Crippen molar-refractivity contribution in [3.05, 3.63) is 0 Å². The Kier molecular flexibility index (Phi) is 5.74. The van der Waals surface area contributed by atoms with Gasteiger partial charge in [-0.05, 0) is 7.05 Å². The summed E-state index contributed by atoms with van der Waals surface area (Å²) >= 11 is 0. The van der Waals surface area contributed by atoms with E-state index in [2.05, 4.69) is 5.32 Å². The molecule has 0 radical (unpaired) electrons. The van der Waals surface area contributed by atoms with Crippen LogP contribution >= 0.6 is 0 Å². The highest BCUT2D eigenvalue weighted by Gasteiger charge is 2.41. The number of nitrogens with one attached hydrogen (secondary N) is 1. The summed E-state index contributed by atoms with van der Waals surface area (Å²) in [5.41, 5.74) is 5.08. The van der Waals surface area contributed by atoms with Gasteiger partial charge in [0, 0.05) is 26.1 Å². The van der Waals surface area contributed by atoms with Crippen LogP contribution in [0.15, 0.2) is 0 Å². The summed E-state index contributed by atoms with van der Waals surface area (Å²) in [4.78, 5) is 12.2. The van der Waals surface area contributed by atoms with E-state index in [9.17, 15) is 18.0 Å². The van der Waals surface area contributed by atoms with Crippen LogP contribution in [0.2, 0.25) is 0 Å². The fraction of sp³-hybridized carbons (Fsp3) is 0.889. The number of likely N-dealkylation sites (N-methyl/N-ethyl adjacent to an activating group) is 1. The Bertz CT molecular complexity index is 233. The predicted molar refractivity (Wildman–Crippen MR) is 54.8 cm³/mol. The molecule has 0 heterocycles. The highest BCUT2D eigenvalue weighted by molar-refractivity contribution is 5.78. The molecule has 0 rings (SSSR count). The third-order valence-corrected chi connectivity index (χ3v) is 2.39. The molecular formula is C9H18F3N3O. The molecule has 0 bridgehead atoms. The average Bonchev–Trinajstić information content (AvgIpc) is 2.14. The van der Waals surface area contributed by atoms with Crippen molar-refractivity contribution in [2.45, 2.75) is 19.1 Å². The van der Waals surface area contributed by atoms with E-state index in [1.54, 1.807) is 6.92 Å². The van der Waals surface area contributed by atoms with Crippen LogP contribution < -0.4 is 11.1 Å². The van der Waals surface area contributed by atoms with E-state index in [1.165, 1.54) is 14.1 Å². The van der Waals surface area contributed by atoms with E-state index in [-0.39, 0.29) is 12.5 Å². The molecule has 0 aromatic carbocycles. The second kappa shape index (κ2) is 6.05. The minimum atomic E-state index is -4.37. The molecule has 2 atom stereocenters. The van der Waals surface area contributed by atoms with Gasteiger partial charge in [-0.3, -0.25) is 9.69 Å². The lowest BCUT2D eigenvalue weighted by molar-refractivity contribution is -0.179. The van der Waals surface area contributed by atoms with E-state index >= 15 is 0 Å². The SMILES string of the molecule is CNC(=O)C(C)CN(C)C(CN)C(F)(F)F. The Balaban J connectivity index is 4.43. The first-order valence-corrected chi connectivity index (χ1v) is 4.92. The smallest absolute Gasteiger partial charge is 0.359 e. The average molecular weight is 241 g/mol. The van der Waals surface area contributed by atoms with Crippen molar-refractivity contribution in [2.24, 2.45) is 11.7 Å². The highest BCUT2D eigenvalue weighted by atomic mass is 19.4. The number of carbonyl (C=O) groups excluding carboxylic acids is 1. The lowest BCUT2D eigenvalue weighted by atomic mass is 10.1. The van der Waals surface area contributed by atoms with Crippen LogP contribution in [0.4, 0.5) is 13.2 Å². The monoisotopic (exact) mass is 241 g/mol. The molecule has 16 heavy (non-hydrogen) atoms. The van der Waals surface area contributed by atoms with Gasteiger partial charge in [-0.25, -0.2) is 0 Å². The summed E-state index contributed by atoms with van der Waals surface area (Å²) in [7, 11) is 2.76. The van der Waals surface area contributed by atoms with Crippen molar-refractivity contribution in [2.75, 3.05) is 27.2 Å². The zero-order valence-electron chi connectivity index (χ0n) is 9.64. The van der Waals surface area contributed by atoms with Crippen LogP contribution in [-0.2, 0) is 4.79 Å². The van der Waals surface area contributed by atoms with Crippen molar-refractivity contribution in [1.29, 1.82) is 0 Å². The molecule has 0 aromatic rings. The third kappa shape index (κ3) is 4.36. The van der Waals surface area contributed by atoms with Crippen molar-refractivity contribution >= 4 is 5.91 Å². The minimum absolute atomic E-state index is 0.0149. The summed E-state index contributed by atoms with van der Waals surface area (Å²) in [5, 5.41) is 2.39. The molecule has 4 nitrogen and oxygen atoms in total. The molecule has 0 aliphatic carbocycles. The molecule has 0 aromatic heterocycles. The Morgan fingerprint density at radius 2 is 2.00 bits per heavy atom. The molecule has 1 amide bonds. The van der Waals surface area contributed by atoms with Crippen molar-refractivity contribution in [1.82, 2.24) is 10.2 Å². The number of hydrogen-bond acceptors (Lipinski definition) is 3. The van der Waals surface area contributed by atoms with Crippen molar-refractivity contribution in [3.63, 3.8) is 0 Å². The number of nitrogens with two attached hydrogens (primary N) is 1. The first kappa shape index (κ1) is 15.2. The summed E-state index contributed by atoms with van der Waals surface area (Å²) in [6.45, 7) is 1.07. The standard InChI is InChI=1S/C9H18F3N3O/c1-6(8(16)14-2)5-15(3)7(4-13)9(10,11)12/h6-7H,4-5,13H2,1-3H3,(H,14,16). The number of rotatable bonds is 5. The quantitative estimate of drug-likeness (QED) is 0.722. The first-order valence-electron chi connectivity index (χ1n) is 4.92. The Hall–Kier alpha value is -0.820. The van der Waals surface area contributed by atoms with Gasteiger partial charge in [0.1, 0.15) is 6.04 Å². The van der Waals surface area contributed by atoms with E-state index in [0.717, 1.165) is 4.90 Å². The van der Waals surface area contributed by atoms with Gasteiger partial charge >= 0.3 is 6.18 Å². The number of nitrogens with zero attached hydrogens (tertiary/aromatic N) is 1. The molecule has 0 aliphatic rings.